The predicted molar refractivity (Wildman–Crippen MR) is 112 cm³/mol. The van der Waals surface area contributed by atoms with Gasteiger partial charge in [0.2, 0.25) is 5.91 Å². The molecule has 0 saturated carbocycles. The lowest BCUT2D eigenvalue weighted by Crippen LogP contribution is -2.37. The first-order valence-electron chi connectivity index (χ1n) is 10.1. The van der Waals surface area contributed by atoms with Crippen LogP contribution in [0.1, 0.15) is 31.2 Å². The SMILES string of the molecule is O=C(O)CCCOc1ccc(NC(=O)C2CCN(Cc3ccccc3)CC2)cc1. The van der Waals surface area contributed by atoms with Gasteiger partial charge in [0.05, 0.1) is 6.61 Å². The molecule has 6 heteroatoms. The molecule has 1 amide bonds. The van der Waals surface area contributed by atoms with Crippen LogP contribution in [-0.2, 0) is 16.1 Å². The summed E-state index contributed by atoms with van der Waals surface area (Å²) >= 11 is 0. The zero-order valence-corrected chi connectivity index (χ0v) is 16.5. The number of nitrogens with zero attached hydrogens (tertiary/aromatic N) is 1. The molecule has 0 aromatic heterocycles. The van der Waals surface area contributed by atoms with E-state index in [0.717, 1.165) is 38.2 Å². The molecule has 0 atom stereocenters. The van der Waals surface area contributed by atoms with Crippen LogP contribution in [-0.4, -0.2) is 41.6 Å². The van der Waals surface area contributed by atoms with Gasteiger partial charge in [-0.25, -0.2) is 0 Å². The Balaban J connectivity index is 1.39. The minimum absolute atomic E-state index is 0.0361. The number of carbonyl (C=O) groups excluding carboxylic acids is 1. The van der Waals surface area contributed by atoms with Crippen LogP contribution < -0.4 is 10.1 Å². The smallest absolute Gasteiger partial charge is 0.303 e. The molecule has 1 saturated heterocycles. The number of hydrogen-bond donors (Lipinski definition) is 2. The van der Waals surface area contributed by atoms with Crippen molar-refractivity contribution in [2.75, 3.05) is 25.0 Å². The van der Waals surface area contributed by atoms with Crippen LogP contribution in [0.4, 0.5) is 5.69 Å². The molecule has 0 bridgehead atoms. The van der Waals surface area contributed by atoms with Crippen molar-refractivity contribution in [2.24, 2.45) is 5.92 Å². The molecular formula is C23H28N2O4. The number of anilines is 1. The lowest BCUT2D eigenvalue weighted by atomic mass is 9.95. The van der Waals surface area contributed by atoms with E-state index in [1.165, 1.54) is 5.56 Å². The molecule has 0 aliphatic carbocycles. The Bertz CT molecular complexity index is 784. The number of amides is 1. The van der Waals surface area contributed by atoms with Crippen molar-refractivity contribution < 1.29 is 19.4 Å². The fourth-order valence-electron chi connectivity index (χ4n) is 3.49. The van der Waals surface area contributed by atoms with E-state index in [-0.39, 0.29) is 18.2 Å². The van der Waals surface area contributed by atoms with E-state index in [1.54, 1.807) is 12.1 Å². The van der Waals surface area contributed by atoms with Crippen LogP contribution >= 0.6 is 0 Å². The van der Waals surface area contributed by atoms with Gasteiger partial charge in [-0.3, -0.25) is 14.5 Å². The normalized spacial score (nSPS) is 15.0. The van der Waals surface area contributed by atoms with Crippen LogP contribution in [0.15, 0.2) is 54.6 Å². The minimum Gasteiger partial charge on any atom is -0.494 e. The van der Waals surface area contributed by atoms with Crippen molar-refractivity contribution in [3.63, 3.8) is 0 Å². The lowest BCUT2D eigenvalue weighted by molar-refractivity contribution is -0.137. The van der Waals surface area contributed by atoms with Gasteiger partial charge in [-0.1, -0.05) is 30.3 Å². The maximum atomic E-state index is 12.6. The van der Waals surface area contributed by atoms with Crippen molar-refractivity contribution >= 4 is 17.6 Å². The number of carboxylic acids is 1. The highest BCUT2D eigenvalue weighted by molar-refractivity contribution is 5.92. The standard InChI is InChI=1S/C23H28N2O4/c26-22(27)7-4-16-29-21-10-8-20(9-11-21)24-23(28)19-12-14-25(15-13-19)17-18-5-2-1-3-6-18/h1-3,5-6,8-11,19H,4,7,12-17H2,(H,24,28)(H,26,27). The molecule has 1 fully saturated rings. The molecule has 0 unspecified atom stereocenters. The Morgan fingerprint density at radius 3 is 2.38 bits per heavy atom. The van der Waals surface area contributed by atoms with Gasteiger partial charge in [0, 0.05) is 24.6 Å². The number of carbonyl (C=O) groups is 2. The summed E-state index contributed by atoms with van der Waals surface area (Å²) in [7, 11) is 0. The van der Waals surface area contributed by atoms with Crippen LogP contribution in [0, 0.1) is 5.92 Å². The first-order chi connectivity index (χ1) is 14.1. The average Bonchev–Trinajstić information content (AvgIpc) is 2.73. The van der Waals surface area contributed by atoms with E-state index >= 15 is 0 Å². The molecule has 0 spiro atoms. The van der Waals surface area contributed by atoms with Crippen molar-refractivity contribution in [3.8, 4) is 5.75 Å². The van der Waals surface area contributed by atoms with Crippen molar-refractivity contribution in [1.82, 2.24) is 4.90 Å². The lowest BCUT2D eigenvalue weighted by Gasteiger charge is -2.31. The number of aliphatic carboxylic acids is 1. The topological polar surface area (TPSA) is 78.9 Å². The minimum atomic E-state index is -0.822. The average molecular weight is 396 g/mol. The van der Waals surface area contributed by atoms with Crippen molar-refractivity contribution in [2.45, 2.75) is 32.2 Å². The first-order valence-corrected chi connectivity index (χ1v) is 10.1. The monoisotopic (exact) mass is 396 g/mol. The van der Waals surface area contributed by atoms with Gasteiger partial charge in [0.15, 0.2) is 0 Å². The third kappa shape index (κ3) is 6.91. The molecule has 2 aromatic carbocycles. The van der Waals surface area contributed by atoms with Crippen molar-refractivity contribution in [3.05, 3.63) is 60.2 Å². The van der Waals surface area contributed by atoms with E-state index in [0.29, 0.717) is 18.8 Å². The Hall–Kier alpha value is -2.86. The summed E-state index contributed by atoms with van der Waals surface area (Å²) in [5, 5.41) is 11.6. The summed E-state index contributed by atoms with van der Waals surface area (Å²) in [5.41, 5.74) is 2.06. The Labute approximate surface area is 171 Å². The summed E-state index contributed by atoms with van der Waals surface area (Å²) in [6, 6.07) is 17.6. The molecule has 1 aliphatic heterocycles. The van der Waals surface area contributed by atoms with Gasteiger partial charge in [-0.2, -0.15) is 0 Å². The maximum absolute atomic E-state index is 12.6. The molecule has 1 heterocycles. The summed E-state index contributed by atoms with van der Waals surface area (Å²) in [5.74, 6) is -0.0476. The van der Waals surface area contributed by atoms with Gasteiger partial charge in [0.25, 0.3) is 0 Å². The molecule has 2 N–H and O–H groups in total. The molecule has 1 aliphatic rings. The second kappa shape index (κ2) is 10.6. The Kier molecular flexibility index (Phi) is 7.64. The Morgan fingerprint density at radius 2 is 1.72 bits per heavy atom. The van der Waals surface area contributed by atoms with Crippen LogP contribution in [0.25, 0.3) is 0 Å². The van der Waals surface area contributed by atoms with E-state index in [4.69, 9.17) is 9.84 Å². The second-order valence-electron chi connectivity index (χ2n) is 7.40. The molecular weight excluding hydrogens is 368 g/mol. The molecule has 0 radical (unpaired) electrons. The third-order valence-corrected chi connectivity index (χ3v) is 5.13. The first kappa shape index (κ1) is 20.9. The zero-order chi connectivity index (χ0) is 20.5. The van der Waals surface area contributed by atoms with Crippen LogP contribution in [0.5, 0.6) is 5.75 Å². The number of rotatable bonds is 9. The van der Waals surface area contributed by atoms with Gasteiger partial charge in [-0.05, 0) is 62.2 Å². The number of likely N-dealkylation sites (tertiary alicyclic amines) is 1. The van der Waals surface area contributed by atoms with Gasteiger partial charge in [0.1, 0.15) is 5.75 Å². The summed E-state index contributed by atoms with van der Waals surface area (Å²) < 4.78 is 5.51. The quantitative estimate of drug-likeness (QED) is 0.631. The number of piperidine rings is 1. The highest BCUT2D eigenvalue weighted by Gasteiger charge is 2.25. The predicted octanol–water partition coefficient (Wildman–Crippen LogP) is 3.78. The summed E-state index contributed by atoms with van der Waals surface area (Å²) in [4.78, 5) is 25.5. The van der Waals surface area contributed by atoms with E-state index in [2.05, 4.69) is 34.5 Å². The number of ether oxygens (including phenoxy) is 1. The molecule has 29 heavy (non-hydrogen) atoms. The van der Waals surface area contributed by atoms with E-state index in [9.17, 15) is 9.59 Å². The zero-order valence-electron chi connectivity index (χ0n) is 16.5. The fourth-order valence-corrected chi connectivity index (χ4v) is 3.49. The van der Waals surface area contributed by atoms with Crippen LogP contribution in [0.2, 0.25) is 0 Å². The van der Waals surface area contributed by atoms with E-state index in [1.807, 2.05) is 18.2 Å². The van der Waals surface area contributed by atoms with Gasteiger partial charge < -0.3 is 15.2 Å². The largest absolute Gasteiger partial charge is 0.494 e. The fraction of sp³-hybridized carbons (Fsp3) is 0.391. The number of hydrogen-bond acceptors (Lipinski definition) is 4. The third-order valence-electron chi connectivity index (χ3n) is 5.13. The number of carboxylic acid groups (broad SMARTS) is 1. The summed E-state index contributed by atoms with van der Waals surface area (Å²) in [6.07, 6.45) is 2.29. The summed E-state index contributed by atoms with van der Waals surface area (Å²) in [6.45, 7) is 3.15. The second-order valence-corrected chi connectivity index (χ2v) is 7.40. The number of nitrogens with one attached hydrogen (secondary N) is 1. The molecule has 6 nitrogen and oxygen atoms in total. The Morgan fingerprint density at radius 1 is 1.03 bits per heavy atom. The molecule has 154 valence electrons. The van der Waals surface area contributed by atoms with Gasteiger partial charge in [-0.15, -0.1) is 0 Å². The maximum Gasteiger partial charge on any atom is 0.303 e. The molecule has 2 aromatic rings. The highest BCUT2D eigenvalue weighted by atomic mass is 16.5. The van der Waals surface area contributed by atoms with Crippen molar-refractivity contribution in [1.29, 1.82) is 0 Å². The molecule has 3 rings (SSSR count). The van der Waals surface area contributed by atoms with Gasteiger partial charge >= 0.3 is 5.97 Å². The van der Waals surface area contributed by atoms with Crippen LogP contribution in [0.3, 0.4) is 0 Å². The number of benzene rings is 2. The van der Waals surface area contributed by atoms with E-state index < -0.39 is 5.97 Å². The highest BCUT2D eigenvalue weighted by Crippen LogP contribution is 2.22.